The molecule has 0 radical (unpaired) electrons. The molecule has 4 amide bonds. The second-order valence-corrected chi connectivity index (χ2v) is 24.5. The van der Waals surface area contributed by atoms with E-state index in [1.807, 2.05) is 26.1 Å². The molecule has 10 rings (SSSR count). The molecule has 4 aromatic heterocycles. The number of thiazole rings is 2. The third kappa shape index (κ3) is 11.4. The van der Waals surface area contributed by atoms with E-state index in [0.29, 0.717) is 29.6 Å². The maximum absolute atomic E-state index is 13.8. The van der Waals surface area contributed by atoms with Crippen molar-refractivity contribution in [3.63, 3.8) is 0 Å². The molecular formula is C51H47ClF2N10O9S4. The van der Waals surface area contributed by atoms with Crippen LogP contribution in [0.3, 0.4) is 0 Å². The van der Waals surface area contributed by atoms with Crippen LogP contribution in [-0.2, 0) is 54.8 Å². The van der Waals surface area contributed by atoms with Crippen molar-refractivity contribution in [1.29, 1.82) is 0 Å². The Morgan fingerprint density at radius 1 is 0.714 bits per heavy atom. The van der Waals surface area contributed by atoms with E-state index in [0.717, 1.165) is 65.8 Å². The number of nitrogens with zero attached hydrogens (tertiary/aromatic N) is 7. The van der Waals surface area contributed by atoms with Gasteiger partial charge in [-0.1, -0.05) is 46.9 Å². The Kier molecular flexibility index (Phi) is 15.9. The molecule has 0 saturated heterocycles. The van der Waals surface area contributed by atoms with Gasteiger partial charge < -0.3 is 30.9 Å². The number of nitrogens with one attached hydrogen (secondary N) is 3. The summed E-state index contributed by atoms with van der Waals surface area (Å²) in [6.07, 6.45) is 3.19. The predicted octanol–water partition coefficient (Wildman–Crippen LogP) is 9.00. The second kappa shape index (κ2) is 22.1. The molecule has 6 heterocycles. The van der Waals surface area contributed by atoms with Gasteiger partial charge in [-0.05, 0) is 86.0 Å². The number of aromatic hydroxyl groups is 1. The molecule has 2 aliphatic heterocycles. The lowest BCUT2D eigenvalue weighted by molar-refractivity contribution is -0.115. The SMILES string of the molecule is CC(=O)Nc1nc(C)c(S(=O)(=O)Cl)s1.CC(=O)Nc1nc(C)c(S(=O)(=O)N(C)c2c3c(c(O)c4ncccc24)C(=O)N(Cc2ccc(F)cc2)C3)s1.CNc1c2c(c(C)c3ncccc13)C(=O)N(Cc1ccc(F)cc1)C2. The number of fused-ring (bicyclic) bond motifs is 4. The van der Waals surface area contributed by atoms with E-state index in [4.69, 9.17) is 10.7 Å². The molecule has 0 atom stereocenters. The number of pyridine rings is 2. The van der Waals surface area contributed by atoms with Gasteiger partial charge in [-0.2, -0.15) is 0 Å². The highest BCUT2D eigenvalue weighted by Gasteiger charge is 2.39. The molecule has 0 saturated carbocycles. The fourth-order valence-electron chi connectivity index (χ4n) is 8.94. The van der Waals surface area contributed by atoms with Crippen LogP contribution in [0.1, 0.15) is 73.8 Å². The average Bonchev–Trinajstić information content (AvgIpc) is 4.19. The zero-order chi connectivity index (χ0) is 55.8. The maximum Gasteiger partial charge on any atom is 0.275 e. The number of carbonyl (C=O) groups is 4. The van der Waals surface area contributed by atoms with E-state index in [1.165, 1.54) is 70.1 Å². The molecule has 0 unspecified atom stereocenters. The first-order chi connectivity index (χ1) is 36.4. The molecule has 4 aromatic carbocycles. The molecule has 0 aliphatic carbocycles. The minimum Gasteiger partial charge on any atom is -0.505 e. The van der Waals surface area contributed by atoms with Gasteiger partial charge in [0.2, 0.25) is 11.8 Å². The van der Waals surface area contributed by atoms with Gasteiger partial charge in [-0.15, -0.1) is 0 Å². The average molecular weight is 1150 g/mol. The number of rotatable bonds is 11. The third-order valence-corrected chi connectivity index (χ3v) is 18.9. The van der Waals surface area contributed by atoms with Crippen molar-refractivity contribution in [1.82, 2.24) is 29.7 Å². The minimum atomic E-state index is -4.21. The number of sulfonamides is 1. The van der Waals surface area contributed by atoms with Gasteiger partial charge in [0.1, 0.15) is 17.2 Å². The zero-order valence-electron chi connectivity index (χ0n) is 42.0. The quantitative estimate of drug-likeness (QED) is 0.0882. The molecule has 0 spiro atoms. The Bertz CT molecular complexity index is 3920. The van der Waals surface area contributed by atoms with Gasteiger partial charge in [0.05, 0.1) is 33.7 Å². The molecule has 0 fully saturated rings. The van der Waals surface area contributed by atoms with E-state index >= 15 is 0 Å². The molecule has 8 aromatic rings. The zero-order valence-corrected chi connectivity index (χ0v) is 46.0. The lowest BCUT2D eigenvalue weighted by Crippen LogP contribution is -2.28. The number of phenolic OH excluding ortho intramolecular Hbond substituents is 1. The van der Waals surface area contributed by atoms with Gasteiger partial charge in [-0.25, -0.2) is 35.6 Å². The fraction of sp³-hybridized carbons (Fsp3) is 0.216. The van der Waals surface area contributed by atoms with Gasteiger partial charge in [0.25, 0.3) is 30.9 Å². The summed E-state index contributed by atoms with van der Waals surface area (Å²) in [6.45, 7) is 8.73. The topological polar surface area (TPSA) is 254 Å². The normalized spacial score (nSPS) is 12.9. The first-order valence-electron chi connectivity index (χ1n) is 23.1. The van der Waals surface area contributed by atoms with Crippen LogP contribution in [0.2, 0.25) is 0 Å². The standard InChI is InChI=1S/C25H22FN5O5S2.C20H18FN3O.C6H7ClN2O3S2/c1-13-24(37-25(28-13)29-14(2)32)38(35,36)30(3)21-17-5-4-10-27-20(17)22(33)19-18(21)12-31(23(19)34)11-15-6-8-16(26)9-7-15;1-12-17-16(19(22-2)15-4-3-9-23-18(12)15)11-24(20(17)25)10-13-5-7-14(21)8-6-13;1-3-5(14(7,11)12)13-6(8-3)9-4(2)10/h4-10,33H,11-12H2,1-3H3,(H,28,29,32);3-9,22H,10-11H2,1-2H3;1-2H3,(H,8,9,10). The number of aromatic nitrogens is 4. The van der Waals surface area contributed by atoms with E-state index in [9.17, 15) is 49.9 Å². The Morgan fingerprint density at radius 2 is 1.18 bits per heavy atom. The van der Waals surface area contributed by atoms with Crippen LogP contribution in [0, 0.1) is 32.4 Å². The molecule has 77 heavy (non-hydrogen) atoms. The van der Waals surface area contributed by atoms with Crippen molar-refractivity contribution in [2.45, 2.75) is 69.2 Å². The van der Waals surface area contributed by atoms with E-state index < -0.39 is 30.8 Å². The van der Waals surface area contributed by atoms with Crippen molar-refractivity contribution in [2.75, 3.05) is 34.4 Å². The summed E-state index contributed by atoms with van der Waals surface area (Å²) in [5.41, 5.74) is 7.11. The van der Waals surface area contributed by atoms with Crippen LogP contribution in [0.15, 0.2) is 93.6 Å². The summed E-state index contributed by atoms with van der Waals surface area (Å²) in [6, 6.07) is 19.1. The lowest BCUT2D eigenvalue weighted by Gasteiger charge is -2.24. The number of amides is 4. The van der Waals surface area contributed by atoms with E-state index in [1.54, 1.807) is 47.5 Å². The van der Waals surface area contributed by atoms with E-state index in [2.05, 4.69) is 35.9 Å². The van der Waals surface area contributed by atoms with Crippen LogP contribution < -0.4 is 20.3 Å². The number of benzene rings is 4. The molecule has 2 aliphatic rings. The monoisotopic (exact) mass is 1140 g/mol. The Hall–Kier alpha value is -7.71. The minimum absolute atomic E-state index is 0.000813. The second-order valence-electron chi connectivity index (χ2n) is 17.6. The summed E-state index contributed by atoms with van der Waals surface area (Å²) < 4.78 is 77.1. The lowest BCUT2D eigenvalue weighted by atomic mass is 9.97. The summed E-state index contributed by atoms with van der Waals surface area (Å²) in [4.78, 5) is 68.5. The summed E-state index contributed by atoms with van der Waals surface area (Å²) >= 11 is 1.65. The number of hydrogen-bond donors (Lipinski definition) is 4. The number of hydrogen-bond acceptors (Lipinski definition) is 16. The van der Waals surface area contributed by atoms with Crippen LogP contribution in [0.4, 0.5) is 30.4 Å². The van der Waals surface area contributed by atoms with Crippen molar-refractivity contribution in [3.05, 3.63) is 147 Å². The number of phenols is 1. The van der Waals surface area contributed by atoms with Crippen LogP contribution >= 0.6 is 33.4 Å². The number of halogens is 3. The van der Waals surface area contributed by atoms with Crippen molar-refractivity contribution in [3.8, 4) is 5.75 Å². The molecule has 4 N–H and O–H groups in total. The summed E-state index contributed by atoms with van der Waals surface area (Å²) in [5, 5.41) is 20.9. The largest absolute Gasteiger partial charge is 0.505 e. The highest BCUT2D eigenvalue weighted by atomic mass is 35.7. The molecule has 26 heteroatoms. The molecule has 0 bridgehead atoms. The number of aryl methyl sites for hydroxylation is 3. The summed E-state index contributed by atoms with van der Waals surface area (Å²) in [7, 11) is 0.393. The van der Waals surface area contributed by atoms with Gasteiger partial charge in [-0.3, -0.25) is 33.5 Å². The smallest absolute Gasteiger partial charge is 0.275 e. The first-order valence-corrected chi connectivity index (χ1v) is 28.5. The fourth-order valence-corrected chi connectivity index (χ4v) is 14.2. The number of carbonyl (C=O) groups excluding carboxylic acids is 4. The van der Waals surface area contributed by atoms with Crippen LogP contribution in [-0.4, -0.2) is 89.4 Å². The highest BCUT2D eigenvalue weighted by Crippen LogP contribution is 2.46. The number of anilines is 4. The van der Waals surface area contributed by atoms with E-state index in [-0.39, 0.29) is 89.2 Å². The third-order valence-electron chi connectivity index (χ3n) is 12.3. The Balaban J connectivity index is 0.000000172. The van der Waals surface area contributed by atoms with Crippen molar-refractivity contribution < 1.29 is 49.9 Å². The van der Waals surface area contributed by atoms with Crippen molar-refractivity contribution in [2.24, 2.45) is 0 Å². The molecule has 19 nitrogen and oxygen atoms in total. The Labute approximate surface area is 453 Å². The first kappa shape index (κ1) is 55.5. The molecular weight excluding hydrogens is 1100 g/mol. The highest BCUT2D eigenvalue weighted by molar-refractivity contribution is 8.15. The van der Waals surface area contributed by atoms with Crippen molar-refractivity contribution >= 4 is 120 Å². The van der Waals surface area contributed by atoms with Gasteiger partial charge >= 0.3 is 0 Å². The van der Waals surface area contributed by atoms with Crippen LogP contribution in [0.25, 0.3) is 21.8 Å². The maximum atomic E-state index is 13.8. The predicted molar refractivity (Wildman–Crippen MR) is 290 cm³/mol. The molecule has 400 valence electrons. The Morgan fingerprint density at radius 3 is 1.68 bits per heavy atom. The van der Waals surface area contributed by atoms with Gasteiger partial charge in [0, 0.05) is 105 Å². The van der Waals surface area contributed by atoms with Gasteiger partial charge in [0.15, 0.2) is 24.4 Å². The van der Waals surface area contributed by atoms with Crippen LogP contribution in [0.5, 0.6) is 5.75 Å². The summed E-state index contributed by atoms with van der Waals surface area (Å²) in [5.74, 6) is -2.20.